The van der Waals surface area contributed by atoms with Crippen molar-refractivity contribution >= 4 is 33.7 Å². The minimum Gasteiger partial charge on any atom is -0.504 e. The molecule has 3 rings (SSSR count). The molecule has 94 valence electrons. The summed E-state index contributed by atoms with van der Waals surface area (Å²) < 4.78 is 1.15. The van der Waals surface area contributed by atoms with Crippen molar-refractivity contribution in [3.05, 3.63) is 53.0 Å². The third-order valence-corrected chi connectivity index (χ3v) is 3.73. The molecule has 0 bridgehead atoms. The summed E-state index contributed by atoms with van der Waals surface area (Å²) in [7, 11) is 0. The number of para-hydroxylation sites is 1. The van der Waals surface area contributed by atoms with Crippen molar-refractivity contribution < 1.29 is 10.2 Å². The average Bonchev–Trinajstić information content (AvgIpc) is 2.83. The van der Waals surface area contributed by atoms with Gasteiger partial charge in [0.05, 0.1) is 10.2 Å². The van der Waals surface area contributed by atoms with Crippen LogP contribution < -0.4 is 0 Å². The molecule has 0 spiro atoms. The average molecular weight is 269 g/mol. The van der Waals surface area contributed by atoms with Gasteiger partial charge in [0.25, 0.3) is 0 Å². The van der Waals surface area contributed by atoms with Crippen LogP contribution in [-0.4, -0.2) is 15.2 Å². The van der Waals surface area contributed by atoms with E-state index in [9.17, 15) is 10.2 Å². The third kappa shape index (κ3) is 2.44. The fourth-order valence-corrected chi connectivity index (χ4v) is 2.64. The molecule has 2 N–H and O–H groups in total. The summed E-state index contributed by atoms with van der Waals surface area (Å²) >= 11 is 1.61. The predicted molar refractivity (Wildman–Crippen MR) is 78.3 cm³/mol. The number of fused-ring (bicyclic) bond motifs is 1. The quantitative estimate of drug-likeness (QED) is 0.694. The summed E-state index contributed by atoms with van der Waals surface area (Å²) in [4.78, 5) is 4.49. The summed E-state index contributed by atoms with van der Waals surface area (Å²) in [5, 5.41) is 19.6. The topological polar surface area (TPSA) is 53.4 Å². The maximum atomic E-state index is 9.41. The minimum absolute atomic E-state index is 0.114. The van der Waals surface area contributed by atoms with Gasteiger partial charge in [-0.3, -0.25) is 0 Å². The number of nitrogens with zero attached hydrogens (tertiary/aromatic N) is 1. The van der Waals surface area contributed by atoms with Crippen LogP contribution in [-0.2, 0) is 0 Å². The smallest absolute Gasteiger partial charge is 0.157 e. The van der Waals surface area contributed by atoms with E-state index in [2.05, 4.69) is 4.98 Å². The predicted octanol–water partition coefficient (Wildman–Crippen LogP) is 3.88. The van der Waals surface area contributed by atoms with Crippen LogP contribution in [0.4, 0.5) is 0 Å². The van der Waals surface area contributed by atoms with Crippen LogP contribution in [0.3, 0.4) is 0 Å². The first kappa shape index (κ1) is 11.7. The van der Waals surface area contributed by atoms with Crippen molar-refractivity contribution in [2.45, 2.75) is 0 Å². The number of aromatic hydroxyl groups is 2. The highest BCUT2D eigenvalue weighted by atomic mass is 32.1. The summed E-state index contributed by atoms with van der Waals surface area (Å²) in [6, 6.07) is 12.7. The molecule has 0 unspecified atom stereocenters. The molecule has 0 aliphatic heterocycles. The number of hydrogen-bond donors (Lipinski definition) is 2. The van der Waals surface area contributed by atoms with E-state index in [4.69, 9.17) is 0 Å². The molecule has 0 aliphatic rings. The molecule has 2 aromatic carbocycles. The summed E-state index contributed by atoms with van der Waals surface area (Å²) in [6.45, 7) is 0. The second kappa shape index (κ2) is 4.74. The first-order chi connectivity index (χ1) is 9.22. The van der Waals surface area contributed by atoms with E-state index in [0.717, 1.165) is 20.8 Å². The van der Waals surface area contributed by atoms with Crippen molar-refractivity contribution in [1.82, 2.24) is 4.98 Å². The largest absolute Gasteiger partial charge is 0.504 e. The van der Waals surface area contributed by atoms with E-state index < -0.39 is 0 Å². The van der Waals surface area contributed by atoms with E-state index in [0.29, 0.717) is 0 Å². The number of benzene rings is 2. The number of rotatable bonds is 2. The van der Waals surface area contributed by atoms with Crippen molar-refractivity contribution in [1.29, 1.82) is 0 Å². The first-order valence-electron chi connectivity index (χ1n) is 5.78. The fourth-order valence-electron chi connectivity index (χ4n) is 1.77. The van der Waals surface area contributed by atoms with Crippen LogP contribution in [0.15, 0.2) is 42.5 Å². The number of thiazole rings is 1. The highest BCUT2D eigenvalue weighted by molar-refractivity contribution is 7.19. The third-order valence-electron chi connectivity index (χ3n) is 2.73. The molecule has 3 aromatic rings. The van der Waals surface area contributed by atoms with E-state index >= 15 is 0 Å². The number of hydrogen-bond acceptors (Lipinski definition) is 4. The molecule has 0 radical (unpaired) electrons. The van der Waals surface area contributed by atoms with Gasteiger partial charge in [0.2, 0.25) is 0 Å². The van der Waals surface area contributed by atoms with Gasteiger partial charge in [0.15, 0.2) is 11.5 Å². The Balaban J connectivity index is 1.91. The Kier molecular flexibility index (Phi) is 2.93. The lowest BCUT2D eigenvalue weighted by Gasteiger charge is -1.97. The fraction of sp³-hybridized carbons (Fsp3) is 0. The van der Waals surface area contributed by atoms with E-state index in [1.807, 2.05) is 36.4 Å². The maximum Gasteiger partial charge on any atom is 0.157 e. The zero-order chi connectivity index (χ0) is 13.2. The van der Waals surface area contributed by atoms with E-state index in [1.165, 1.54) is 12.1 Å². The molecule has 0 saturated carbocycles. The van der Waals surface area contributed by atoms with Crippen molar-refractivity contribution in [2.75, 3.05) is 0 Å². The SMILES string of the molecule is Oc1ccc(/C=C/c2nc3ccccc3s2)cc1O. The van der Waals surface area contributed by atoms with Gasteiger partial charge in [-0.05, 0) is 35.9 Å². The van der Waals surface area contributed by atoms with Gasteiger partial charge in [0, 0.05) is 0 Å². The molecule has 0 saturated heterocycles. The van der Waals surface area contributed by atoms with E-state index in [1.54, 1.807) is 17.4 Å². The Morgan fingerprint density at radius 1 is 0.947 bits per heavy atom. The molecule has 3 nitrogen and oxygen atoms in total. The van der Waals surface area contributed by atoms with Crippen LogP contribution in [0.5, 0.6) is 11.5 Å². The second-order valence-corrected chi connectivity index (χ2v) is 5.16. The highest BCUT2D eigenvalue weighted by Crippen LogP contribution is 2.27. The Bertz CT molecular complexity index is 729. The normalized spacial score (nSPS) is 11.4. The van der Waals surface area contributed by atoms with Gasteiger partial charge in [-0.2, -0.15) is 0 Å². The van der Waals surface area contributed by atoms with Gasteiger partial charge < -0.3 is 10.2 Å². The highest BCUT2D eigenvalue weighted by Gasteiger charge is 2.00. The molecule has 0 fully saturated rings. The molecule has 19 heavy (non-hydrogen) atoms. The van der Waals surface area contributed by atoms with Gasteiger partial charge in [-0.1, -0.05) is 24.3 Å². The zero-order valence-corrected chi connectivity index (χ0v) is 10.8. The van der Waals surface area contributed by atoms with Gasteiger partial charge in [-0.25, -0.2) is 4.98 Å². The Morgan fingerprint density at radius 2 is 1.79 bits per heavy atom. The standard InChI is InChI=1S/C15H11NO2S/c17-12-7-5-10(9-13(12)18)6-8-15-16-11-3-1-2-4-14(11)19-15/h1-9,17-18H/b8-6+. The Labute approximate surface area is 114 Å². The Morgan fingerprint density at radius 3 is 2.58 bits per heavy atom. The summed E-state index contributed by atoms with van der Waals surface area (Å²) in [5.74, 6) is -0.233. The van der Waals surface area contributed by atoms with E-state index in [-0.39, 0.29) is 11.5 Å². The van der Waals surface area contributed by atoms with Crippen LogP contribution >= 0.6 is 11.3 Å². The number of phenolic OH excluding ortho intramolecular Hbond substituents is 2. The minimum atomic E-state index is -0.119. The van der Waals surface area contributed by atoms with Gasteiger partial charge >= 0.3 is 0 Å². The van der Waals surface area contributed by atoms with Crippen LogP contribution in [0.2, 0.25) is 0 Å². The lowest BCUT2D eigenvalue weighted by atomic mass is 10.2. The molecular formula is C15H11NO2S. The van der Waals surface area contributed by atoms with Crippen LogP contribution in [0, 0.1) is 0 Å². The molecule has 0 aliphatic carbocycles. The number of aromatic nitrogens is 1. The number of phenols is 2. The maximum absolute atomic E-state index is 9.41. The molecule has 4 heteroatoms. The van der Waals surface area contributed by atoms with Crippen molar-refractivity contribution in [2.24, 2.45) is 0 Å². The summed E-state index contributed by atoms with van der Waals surface area (Å²) in [6.07, 6.45) is 3.76. The molecule has 1 heterocycles. The first-order valence-corrected chi connectivity index (χ1v) is 6.60. The second-order valence-electron chi connectivity index (χ2n) is 4.10. The molecule has 0 amide bonds. The zero-order valence-electron chi connectivity index (χ0n) is 9.95. The lowest BCUT2D eigenvalue weighted by Crippen LogP contribution is -1.73. The van der Waals surface area contributed by atoms with Crippen molar-refractivity contribution in [3.63, 3.8) is 0 Å². The molecule has 0 atom stereocenters. The van der Waals surface area contributed by atoms with Gasteiger partial charge in [-0.15, -0.1) is 11.3 Å². The van der Waals surface area contributed by atoms with Crippen molar-refractivity contribution in [3.8, 4) is 11.5 Å². The van der Waals surface area contributed by atoms with Crippen LogP contribution in [0.1, 0.15) is 10.6 Å². The monoisotopic (exact) mass is 269 g/mol. The van der Waals surface area contributed by atoms with Crippen LogP contribution in [0.25, 0.3) is 22.4 Å². The van der Waals surface area contributed by atoms with Gasteiger partial charge in [0.1, 0.15) is 5.01 Å². The lowest BCUT2D eigenvalue weighted by molar-refractivity contribution is 0.403. The molecular weight excluding hydrogens is 258 g/mol. The Hall–Kier alpha value is -2.33. The summed E-state index contributed by atoms with van der Waals surface area (Å²) in [5.41, 5.74) is 1.80. The molecule has 1 aromatic heterocycles.